The number of carbonyl (C=O) groups is 2. The SMILES string of the molecule is C/C=C(\C)NC(=O)N(CCCN1CCOCC1)Cc1ccc(C(=O)Nc2ccccc2N)nc1. The number of urea groups is 1. The molecule has 1 aliphatic rings. The van der Waals surface area contributed by atoms with Crippen LogP contribution < -0.4 is 16.4 Å². The third-order valence-electron chi connectivity index (χ3n) is 5.67. The molecule has 0 unspecified atom stereocenters. The van der Waals surface area contributed by atoms with Crippen molar-refractivity contribution in [1.29, 1.82) is 0 Å². The first-order valence-electron chi connectivity index (χ1n) is 11.6. The number of nitrogen functional groups attached to an aromatic ring is 1. The number of hydrogen-bond donors (Lipinski definition) is 3. The van der Waals surface area contributed by atoms with Crippen molar-refractivity contribution in [3.05, 3.63) is 65.6 Å². The molecular formula is C25H34N6O3. The maximum absolute atomic E-state index is 12.9. The molecule has 1 aliphatic heterocycles. The second kappa shape index (κ2) is 12.7. The molecule has 0 saturated carbocycles. The number of pyridine rings is 1. The topological polar surface area (TPSA) is 113 Å². The molecule has 0 atom stereocenters. The van der Waals surface area contributed by atoms with Crippen molar-refractivity contribution in [2.45, 2.75) is 26.8 Å². The van der Waals surface area contributed by atoms with E-state index in [-0.39, 0.29) is 17.6 Å². The Kier molecular flexibility index (Phi) is 9.42. The molecule has 182 valence electrons. The number of nitrogens with two attached hydrogens (primary N) is 1. The number of aromatic nitrogens is 1. The van der Waals surface area contributed by atoms with Gasteiger partial charge in [0.2, 0.25) is 0 Å². The molecule has 4 N–H and O–H groups in total. The second-order valence-corrected chi connectivity index (χ2v) is 8.22. The van der Waals surface area contributed by atoms with Crippen molar-refractivity contribution in [1.82, 2.24) is 20.1 Å². The fourth-order valence-corrected chi connectivity index (χ4v) is 3.55. The average Bonchev–Trinajstić information content (AvgIpc) is 2.85. The van der Waals surface area contributed by atoms with E-state index in [0.29, 0.717) is 24.5 Å². The van der Waals surface area contributed by atoms with E-state index in [1.807, 2.05) is 26.0 Å². The lowest BCUT2D eigenvalue weighted by Crippen LogP contribution is -2.41. The summed E-state index contributed by atoms with van der Waals surface area (Å²) in [7, 11) is 0. The van der Waals surface area contributed by atoms with E-state index in [4.69, 9.17) is 10.5 Å². The van der Waals surface area contributed by atoms with Crippen LogP contribution in [0.3, 0.4) is 0 Å². The van der Waals surface area contributed by atoms with Gasteiger partial charge in [-0.2, -0.15) is 0 Å². The van der Waals surface area contributed by atoms with Gasteiger partial charge in [-0.3, -0.25) is 14.7 Å². The summed E-state index contributed by atoms with van der Waals surface area (Å²) in [6, 6.07) is 10.4. The number of carbonyl (C=O) groups excluding carboxylic acids is 2. The predicted molar refractivity (Wildman–Crippen MR) is 133 cm³/mol. The average molecular weight is 467 g/mol. The molecule has 1 aromatic heterocycles. The van der Waals surface area contributed by atoms with Crippen molar-refractivity contribution < 1.29 is 14.3 Å². The van der Waals surface area contributed by atoms with Crippen molar-refractivity contribution in [3.8, 4) is 0 Å². The van der Waals surface area contributed by atoms with Gasteiger partial charge < -0.3 is 26.0 Å². The first-order chi connectivity index (χ1) is 16.5. The number of amides is 3. The number of allylic oxidation sites excluding steroid dienone is 2. The van der Waals surface area contributed by atoms with Gasteiger partial charge in [0.05, 0.1) is 24.6 Å². The Morgan fingerprint density at radius 3 is 2.65 bits per heavy atom. The van der Waals surface area contributed by atoms with Crippen LogP contribution >= 0.6 is 0 Å². The summed E-state index contributed by atoms with van der Waals surface area (Å²) >= 11 is 0. The number of rotatable bonds is 9. The Bertz CT molecular complexity index is 986. The van der Waals surface area contributed by atoms with E-state index in [9.17, 15) is 9.59 Å². The maximum Gasteiger partial charge on any atom is 0.321 e. The van der Waals surface area contributed by atoms with Gasteiger partial charge in [-0.25, -0.2) is 4.79 Å². The van der Waals surface area contributed by atoms with Crippen molar-refractivity contribution >= 4 is 23.3 Å². The first-order valence-corrected chi connectivity index (χ1v) is 11.6. The van der Waals surface area contributed by atoms with E-state index >= 15 is 0 Å². The normalized spacial score (nSPS) is 14.5. The molecule has 0 radical (unpaired) electrons. The molecule has 0 spiro atoms. The number of benzene rings is 1. The highest BCUT2D eigenvalue weighted by Crippen LogP contribution is 2.17. The molecular weight excluding hydrogens is 432 g/mol. The summed E-state index contributed by atoms with van der Waals surface area (Å²) in [5, 5.41) is 5.69. The lowest BCUT2D eigenvalue weighted by molar-refractivity contribution is 0.0364. The summed E-state index contributed by atoms with van der Waals surface area (Å²) < 4.78 is 5.40. The molecule has 9 heteroatoms. The largest absolute Gasteiger partial charge is 0.397 e. The van der Waals surface area contributed by atoms with E-state index in [1.165, 1.54) is 0 Å². The number of ether oxygens (including phenoxy) is 1. The summed E-state index contributed by atoms with van der Waals surface area (Å²) in [6.45, 7) is 9.02. The highest BCUT2D eigenvalue weighted by molar-refractivity contribution is 6.04. The third-order valence-corrected chi connectivity index (χ3v) is 5.67. The number of anilines is 2. The molecule has 1 aromatic carbocycles. The Balaban J connectivity index is 1.61. The summed E-state index contributed by atoms with van der Waals surface area (Å²) in [5.41, 5.74) is 8.85. The summed E-state index contributed by atoms with van der Waals surface area (Å²) in [5.74, 6) is -0.340. The number of para-hydroxylation sites is 2. The standard InChI is InChI=1S/C25H34N6O3/c1-3-19(2)28-25(33)31(12-6-11-30-13-15-34-16-14-30)18-20-9-10-23(27-17-20)24(32)29-22-8-5-4-7-21(22)26/h3-5,7-10,17H,6,11-16,18,26H2,1-2H3,(H,28,33)(H,29,32)/b19-3+. The van der Waals surface area contributed by atoms with E-state index in [1.54, 1.807) is 41.4 Å². The van der Waals surface area contributed by atoms with Gasteiger partial charge in [-0.15, -0.1) is 0 Å². The van der Waals surface area contributed by atoms with Crippen LogP contribution in [0.1, 0.15) is 36.3 Å². The van der Waals surface area contributed by atoms with Gasteiger partial charge in [0.1, 0.15) is 5.69 Å². The molecule has 0 bridgehead atoms. The van der Waals surface area contributed by atoms with Crippen LogP contribution in [0, 0.1) is 0 Å². The van der Waals surface area contributed by atoms with Crippen molar-refractivity contribution in [2.75, 3.05) is 50.4 Å². The zero-order chi connectivity index (χ0) is 24.3. The fraction of sp³-hybridized carbons (Fsp3) is 0.400. The number of nitrogens with zero attached hydrogens (tertiary/aromatic N) is 3. The van der Waals surface area contributed by atoms with E-state index in [0.717, 1.165) is 50.5 Å². The molecule has 2 aromatic rings. The Morgan fingerprint density at radius 2 is 1.97 bits per heavy atom. The Labute approximate surface area is 201 Å². The smallest absolute Gasteiger partial charge is 0.321 e. The fourth-order valence-electron chi connectivity index (χ4n) is 3.55. The zero-order valence-electron chi connectivity index (χ0n) is 19.9. The number of nitrogens with one attached hydrogen (secondary N) is 2. The van der Waals surface area contributed by atoms with E-state index < -0.39 is 0 Å². The minimum atomic E-state index is -0.340. The quantitative estimate of drug-likeness (QED) is 0.490. The van der Waals surface area contributed by atoms with Crippen LogP contribution in [-0.2, 0) is 11.3 Å². The Hall–Kier alpha value is -3.43. The van der Waals surface area contributed by atoms with Crippen LogP contribution in [0.4, 0.5) is 16.2 Å². The Morgan fingerprint density at radius 1 is 1.21 bits per heavy atom. The molecule has 0 aliphatic carbocycles. The second-order valence-electron chi connectivity index (χ2n) is 8.22. The highest BCUT2D eigenvalue weighted by Gasteiger charge is 2.17. The third kappa shape index (κ3) is 7.57. The zero-order valence-corrected chi connectivity index (χ0v) is 19.9. The van der Waals surface area contributed by atoms with Gasteiger partial charge in [0.25, 0.3) is 5.91 Å². The predicted octanol–water partition coefficient (Wildman–Crippen LogP) is 3.07. The van der Waals surface area contributed by atoms with Crippen LogP contribution in [0.25, 0.3) is 0 Å². The lowest BCUT2D eigenvalue weighted by atomic mass is 10.2. The van der Waals surface area contributed by atoms with Gasteiger partial charge in [0.15, 0.2) is 0 Å². The minimum Gasteiger partial charge on any atom is -0.397 e. The molecule has 1 saturated heterocycles. The minimum absolute atomic E-state index is 0.154. The first kappa shape index (κ1) is 25.2. The summed E-state index contributed by atoms with van der Waals surface area (Å²) in [6.07, 6.45) is 4.35. The monoisotopic (exact) mass is 466 g/mol. The van der Waals surface area contributed by atoms with Crippen LogP contribution in [0.5, 0.6) is 0 Å². The van der Waals surface area contributed by atoms with Gasteiger partial charge in [0, 0.05) is 44.6 Å². The summed E-state index contributed by atoms with van der Waals surface area (Å²) in [4.78, 5) is 33.8. The lowest BCUT2D eigenvalue weighted by Gasteiger charge is -2.28. The molecule has 3 amide bonds. The van der Waals surface area contributed by atoms with Crippen LogP contribution in [-0.4, -0.2) is 66.1 Å². The van der Waals surface area contributed by atoms with Gasteiger partial charge >= 0.3 is 6.03 Å². The molecule has 2 heterocycles. The molecule has 34 heavy (non-hydrogen) atoms. The molecule has 9 nitrogen and oxygen atoms in total. The van der Waals surface area contributed by atoms with Crippen LogP contribution in [0.15, 0.2) is 54.4 Å². The molecule has 1 fully saturated rings. The molecule has 3 rings (SSSR count). The number of hydrogen-bond acceptors (Lipinski definition) is 6. The maximum atomic E-state index is 12.9. The van der Waals surface area contributed by atoms with Crippen molar-refractivity contribution in [3.63, 3.8) is 0 Å². The van der Waals surface area contributed by atoms with Gasteiger partial charge in [-0.05, 0) is 44.0 Å². The number of morpholine rings is 1. The van der Waals surface area contributed by atoms with Crippen LogP contribution in [0.2, 0.25) is 0 Å². The van der Waals surface area contributed by atoms with Gasteiger partial charge in [-0.1, -0.05) is 24.3 Å². The van der Waals surface area contributed by atoms with Crippen molar-refractivity contribution in [2.24, 2.45) is 0 Å². The van der Waals surface area contributed by atoms with E-state index in [2.05, 4.69) is 20.5 Å². The highest BCUT2D eigenvalue weighted by atomic mass is 16.5.